The van der Waals surface area contributed by atoms with Gasteiger partial charge in [0.25, 0.3) is 5.69 Å². The number of ether oxygens (including phenoxy) is 1. The van der Waals surface area contributed by atoms with Gasteiger partial charge in [-0.05, 0) is 31.5 Å². The number of nitro benzene ring substituents is 1. The summed E-state index contributed by atoms with van der Waals surface area (Å²) in [4.78, 5) is 21.0. The Balaban J connectivity index is 2.18. The number of hydrogen-bond donors (Lipinski definition) is 1. The molecule has 2 rings (SSSR count). The molecule has 0 radical (unpaired) electrons. The van der Waals surface area contributed by atoms with Crippen molar-refractivity contribution >= 4 is 11.7 Å². The Labute approximate surface area is 119 Å². The zero-order valence-corrected chi connectivity index (χ0v) is 11.5. The number of aryl methyl sites for hydroxylation is 2. The van der Waals surface area contributed by atoms with Gasteiger partial charge in [0.05, 0.1) is 11.0 Å². The van der Waals surface area contributed by atoms with Crippen molar-refractivity contribution in [1.82, 2.24) is 0 Å². The van der Waals surface area contributed by atoms with Crippen molar-refractivity contribution in [3.8, 4) is 5.75 Å². The molecule has 7 heteroatoms. The number of carbonyl (C=O) groups is 1. The van der Waals surface area contributed by atoms with E-state index in [1.54, 1.807) is 19.9 Å². The minimum atomic E-state index is -1.16. The van der Waals surface area contributed by atoms with Gasteiger partial charge in [-0.25, -0.2) is 4.79 Å². The molecule has 0 saturated carbocycles. The van der Waals surface area contributed by atoms with Crippen LogP contribution in [0.1, 0.15) is 27.4 Å². The highest BCUT2D eigenvalue weighted by Gasteiger charge is 2.15. The number of carboxylic acid groups (broad SMARTS) is 1. The lowest BCUT2D eigenvalue weighted by Gasteiger charge is -2.08. The maximum atomic E-state index is 10.8. The first-order valence-corrected chi connectivity index (χ1v) is 6.09. The average molecular weight is 291 g/mol. The fraction of sp³-hybridized carbons (Fsp3) is 0.214. The molecular weight excluding hydrogens is 278 g/mol. The Hall–Kier alpha value is -2.83. The Kier molecular flexibility index (Phi) is 3.93. The molecule has 1 aromatic heterocycles. The molecule has 0 saturated heterocycles. The lowest BCUT2D eigenvalue weighted by Crippen LogP contribution is -1.98. The van der Waals surface area contributed by atoms with Crippen LogP contribution in [0.25, 0.3) is 0 Å². The molecule has 0 aliphatic heterocycles. The third kappa shape index (κ3) is 3.19. The molecule has 2 aromatic rings. The number of nitro groups is 1. The average Bonchev–Trinajstić information content (AvgIpc) is 2.79. The fourth-order valence-corrected chi connectivity index (χ4v) is 1.78. The van der Waals surface area contributed by atoms with Crippen LogP contribution < -0.4 is 4.74 Å². The number of benzene rings is 1. The highest BCUT2D eigenvalue weighted by molar-refractivity contribution is 5.84. The predicted octanol–water partition coefficient (Wildman–Crippen LogP) is 3.08. The summed E-state index contributed by atoms with van der Waals surface area (Å²) in [6, 6.07) is 5.71. The first-order valence-electron chi connectivity index (χ1n) is 6.09. The van der Waals surface area contributed by atoms with Gasteiger partial charge in [0, 0.05) is 11.6 Å². The quantitative estimate of drug-likeness (QED) is 0.670. The summed E-state index contributed by atoms with van der Waals surface area (Å²) in [6.07, 6.45) is 0. The molecule has 110 valence electrons. The van der Waals surface area contributed by atoms with Crippen LogP contribution >= 0.6 is 0 Å². The summed E-state index contributed by atoms with van der Waals surface area (Å²) < 4.78 is 10.6. The lowest BCUT2D eigenvalue weighted by molar-refractivity contribution is -0.385. The first kappa shape index (κ1) is 14.6. The van der Waals surface area contributed by atoms with Crippen molar-refractivity contribution in [2.45, 2.75) is 20.5 Å². The maximum Gasteiger partial charge on any atom is 0.371 e. The van der Waals surface area contributed by atoms with Gasteiger partial charge in [-0.2, -0.15) is 0 Å². The van der Waals surface area contributed by atoms with E-state index in [1.807, 2.05) is 0 Å². The monoisotopic (exact) mass is 291 g/mol. The standard InChI is InChI=1S/C14H13NO6/c1-8-3-4-11(15(18)19)6-12(8)20-7-10-5-13(14(16)17)21-9(10)2/h3-6H,7H2,1-2H3,(H,16,17). The van der Waals surface area contributed by atoms with Gasteiger partial charge in [0.1, 0.15) is 18.1 Å². The summed E-state index contributed by atoms with van der Waals surface area (Å²) in [5, 5.41) is 19.6. The van der Waals surface area contributed by atoms with Crippen molar-refractivity contribution in [2.24, 2.45) is 0 Å². The number of hydrogen-bond acceptors (Lipinski definition) is 5. The Morgan fingerprint density at radius 3 is 2.67 bits per heavy atom. The van der Waals surface area contributed by atoms with Crippen LogP contribution in [-0.2, 0) is 6.61 Å². The third-order valence-electron chi connectivity index (χ3n) is 3.00. The second-order valence-electron chi connectivity index (χ2n) is 4.49. The summed E-state index contributed by atoms with van der Waals surface area (Å²) in [7, 11) is 0. The number of non-ortho nitro benzene ring substituents is 1. The van der Waals surface area contributed by atoms with Crippen LogP contribution in [0.4, 0.5) is 5.69 Å². The van der Waals surface area contributed by atoms with Crippen LogP contribution in [0.2, 0.25) is 0 Å². The van der Waals surface area contributed by atoms with Crippen molar-refractivity contribution in [1.29, 1.82) is 0 Å². The maximum absolute atomic E-state index is 10.8. The minimum Gasteiger partial charge on any atom is -0.488 e. The van der Waals surface area contributed by atoms with Crippen molar-refractivity contribution < 1.29 is 24.0 Å². The Morgan fingerprint density at radius 1 is 1.38 bits per heavy atom. The molecule has 0 atom stereocenters. The zero-order valence-electron chi connectivity index (χ0n) is 11.5. The van der Waals surface area contributed by atoms with Crippen LogP contribution in [0.15, 0.2) is 28.7 Å². The van der Waals surface area contributed by atoms with Gasteiger partial charge >= 0.3 is 5.97 Å². The smallest absolute Gasteiger partial charge is 0.371 e. The van der Waals surface area contributed by atoms with Gasteiger partial charge in [0.15, 0.2) is 0 Å². The van der Waals surface area contributed by atoms with E-state index in [4.69, 9.17) is 14.3 Å². The number of aromatic carboxylic acids is 1. The van der Waals surface area contributed by atoms with E-state index in [1.165, 1.54) is 18.2 Å². The number of rotatable bonds is 5. The third-order valence-corrected chi connectivity index (χ3v) is 3.00. The van der Waals surface area contributed by atoms with Gasteiger partial charge in [-0.15, -0.1) is 0 Å². The number of nitrogens with zero attached hydrogens (tertiary/aromatic N) is 1. The van der Waals surface area contributed by atoms with E-state index < -0.39 is 10.9 Å². The summed E-state index contributed by atoms with van der Waals surface area (Å²) >= 11 is 0. The molecular formula is C14H13NO6. The molecule has 0 spiro atoms. The second-order valence-corrected chi connectivity index (χ2v) is 4.49. The molecule has 0 unspecified atom stereocenters. The summed E-state index contributed by atoms with van der Waals surface area (Å²) in [5.74, 6) is -0.505. The van der Waals surface area contributed by atoms with Crippen LogP contribution in [0, 0.1) is 24.0 Å². The van der Waals surface area contributed by atoms with E-state index in [2.05, 4.69) is 0 Å². The highest BCUT2D eigenvalue weighted by Crippen LogP contribution is 2.25. The van der Waals surface area contributed by atoms with Crippen LogP contribution in [0.5, 0.6) is 5.75 Å². The zero-order chi connectivity index (χ0) is 15.6. The molecule has 0 aliphatic carbocycles. The molecule has 1 aromatic carbocycles. The van der Waals surface area contributed by atoms with Crippen LogP contribution in [0.3, 0.4) is 0 Å². The largest absolute Gasteiger partial charge is 0.488 e. The SMILES string of the molecule is Cc1ccc([N+](=O)[O-])cc1OCc1cc(C(=O)O)oc1C. The fourth-order valence-electron chi connectivity index (χ4n) is 1.78. The summed E-state index contributed by atoms with van der Waals surface area (Å²) in [6.45, 7) is 3.47. The number of carboxylic acids is 1. The van der Waals surface area contributed by atoms with Gasteiger partial charge < -0.3 is 14.3 Å². The van der Waals surface area contributed by atoms with Crippen molar-refractivity contribution in [3.05, 3.63) is 57.0 Å². The van der Waals surface area contributed by atoms with Crippen LogP contribution in [-0.4, -0.2) is 16.0 Å². The van der Waals surface area contributed by atoms with Crippen molar-refractivity contribution in [2.75, 3.05) is 0 Å². The minimum absolute atomic E-state index is 0.0641. The molecule has 0 aliphatic rings. The molecule has 0 fully saturated rings. The molecule has 0 bridgehead atoms. The van der Waals surface area contributed by atoms with Crippen molar-refractivity contribution in [3.63, 3.8) is 0 Å². The van der Waals surface area contributed by atoms with E-state index in [0.717, 1.165) is 5.56 Å². The van der Waals surface area contributed by atoms with E-state index in [-0.39, 0.29) is 18.1 Å². The first-order chi connectivity index (χ1) is 9.88. The molecule has 0 amide bonds. The highest BCUT2D eigenvalue weighted by atomic mass is 16.6. The van der Waals surface area contributed by atoms with E-state index >= 15 is 0 Å². The van der Waals surface area contributed by atoms with E-state index in [0.29, 0.717) is 17.1 Å². The Morgan fingerprint density at radius 2 is 2.10 bits per heavy atom. The summed E-state index contributed by atoms with van der Waals surface area (Å²) in [5.41, 5.74) is 1.27. The topological polar surface area (TPSA) is 103 Å². The second kappa shape index (κ2) is 5.66. The molecule has 21 heavy (non-hydrogen) atoms. The lowest BCUT2D eigenvalue weighted by atomic mass is 10.2. The normalized spacial score (nSPS) is 10.4. The van der Waals surface area contributed by atoms with Gasteiger partial charge in [0.2, 0.25) is 5.76 Å². The molecule has 7 nitrogen and oxygen atoms in total. The van der Waals surface area contributed by atoms with E-state index in [9.17, 15) is 14.9 Å². The van der Waals surface area contributed by atoms with Gasteiger partial charge in [-0.1, -0.05) is 0 Å². The van der Waals surface area contributed by atoms with Gasteiger partial charge in [-0.3, -0.25) is 10.1 Å². The molecule has 1 N–H and O–H groups in total. The predicted molar refractivity (Wildman–Crippen MR) is 72.6 cm³/mol. The number of furan rings is 1. The molecule has 1 heterocycles. The Bertz CT molecular complexity index is 703.